The van der Waals surface area contributed by atoms with Crippen molar-refractivity contribution in [3.05, 3.63) is 82.7 Å². The summed E-state index contributed by atoms with van der Waals surface area (Å²) in [5, 5.41) is 8.17. The Labute approximate surface area is 183 Å². The van der Waals surface area contributed by atoms with Gasteiger partial charge in [-0.25, -0.2) is 0 Å². The summed E-state index contributed by atoms with van der Waals surface area (Å²) < 4.78 is 7.65. The van der Waals surface area contributed by atoms with E-state index in [4.69, 9.17) is 16.3 Å². The minimum absolute atomic E-state index is 0.517. The van der Waals surface area contributed by atoms with Crippen molar-refractivity contribution in [2.75, 3.05) is 12.3 Å². The van der Waals surface area contributed by atoms with Crippen molar-refractivity contribution in [3.8, 4) is 22.6 Å². The van der Waals surface area contributed by atoms with E-state index in [9.17, 15) is 0 Å². The summed E-state index contributed by atoms with van der Waals surface area (Å²) in [5.74, 6) is 2.94. The number of rotatable bonds is 5. The van der Waals surface area contributed by atoms with Crippen LogP contribution in [-0.2, 0) is 6.42 Å². The summed E-state index contributed by atoms with van der Waals surface area (Å²) in [6.07, 6.45) is 1.05. The number of hydrogen-bond acceptors (Lipinski definition) is 4. The van der Waals surface area contributed by atoms with Crippen molar-refractivity contribution >= 4 is 44.8 Å². The van der Waals surface area contributed by atoms with E-state index in [1.165, 1.54) is 21.4 Å². The summed E-state index contributed by atoms with van der Waals surface area (Å²) >= 11 is 9.82. The second-order valence-electron chi connectivity index (χ2n) is 7.04. The molecule has 3 aromatic carbocycles. The minimum atomic E-state index is 0.517. The van der Waals surface area contributed by atoms with Gasteiger partial charge in [-0.05, 0) is 64.9 Å². The van der Waals surface area contributed by atoms with E-state index in [1.807, 2.05) is 48.2 Å². The Bertz CT molecular complexity index is 1130. The van der Waals surface area contributed by atoms with Gasteiger partial charge >= 0.3 is 0 Å². The first-order chi connectivity index (χ1) is 14.3. The topological polar surface area (TPSA) is 21.3 Å². The van der Waals surface area contributed by atoms with Gasteiger partial charge in [0, 0.05) is 27.4 Å². The van der Waals surface area contributed by atoms with Crippen molar-refractivity contribution in [1.29, 1.82) is 0 Å². The van der Waals surface area contributed by atoms with Crippen molar-refractivity contribution in [2.24, 2.45) is 0 Å². The minimum Gasteiger partial charge on any atom is -0.457 e. The van der Waals surface area contributed by atoms with Gasteiger partial charge < -0.3 is 10.1 Å². The lowest BCUT2D eigenvalue weighted by molar-refractivity contribution is 0.488. The number of nitrogens with one attached hydrogen (secondary N) is 1. The third-order valence-corrected chi connectivity index (χ3v) is 7.51. The number of hydrogen-bond donors (Lipinski definition) is 1. The van der Waals surface area contributed by atoms with Gasteiger partial charge in [-0.3, -0.25) is 0 Å². The SMILES string of the molecule is Clc1ccc(-c2cccc(Oc3ccc(CC4NCCS4)c4sccc34)c2)cc1. The molecule has 2 nitrogen and oxygen atoms in total. The maximum absolute atomic E-state index is 6.32. The molecule has 1 fully saturated rings. The van der Waals surface area contributed by atoms with Crippen LogP contribution in [0.4, 0.5) is 0 Å². The summed E-state index contributed by atoms with van der Waals surface area (Å²) in [6.45, 7) is 1.11. The van der Waals surface area contributed by atoms with Gasteiger partial charge in [0.25, 0.3) is 0 Å². The molecule has 5 rings (SSSR count). The van der Waals surface area contributed by atoms with E-state index in [0.717, 1.165) is 40.6 Å². The Morgan fingerprint density at radius 1 is 1.00 bits per heavy atom. The predicted molar refractivity (Wildman–Crippen MR) is 127 cm³/mol. The quantitative estimate of drug-likeness (QED) is 0.356. The molecule has 0 radical (unpaired) electrons. The fraction of sp³-hybridized carbons (Fsp3) is 0.167. The molecule has 146 valence electrons. The van der Waals surface area contributed by atoms with Crippen LogP contribution in [0.2, 0.25) is 5.02 Å². The Kier molecular flexibility index (Phi) is 5.51. The van der Waals surface area contributed by atoms with Gasteiger partial charge in [0.2, 0.25) is 0 Å². The number of thioether (sulfide) groups is 1. The molecular formula is C24H20ClNOS2. The maximum Gasteiger partial charge on any atom is 0.136 e. The molecule has 1 aliphatic rings. The molecule has 0 spiro atoms. The standard InChI is InChI=1S/C24H20ClNOS2/c25-19-7-4-16(5-8-19)17-2-1-3-20(14-17)27-22-9-6-18(15-23-26-11-13-28-23)24-21(22)10-12-29-24/h1-10,12,14,23,26H,11,13,15H2. The number of ether oxygens (including phenoxy) is 1. The van der Waals surface area contributed by atoms with Crippen LogP contribution in [0, 0.1) is 0 Å². The molecule has 1 aliphatic heterocycles. The highest BCUT2D eigenvalue weighted by Gasteiger charge is 2.18. The lowest BCUT2D eigenvalue weighted by atomic mass is 10.1. The molecular weight excluding hydrogens is 418 g/mol. The fourth-order valence-electron chi connectivity index (χ4n) is 3.66. The molecule has 29 heavy (non-hydrogen) atoms. The molecule has 1 saturated heterocycles. The first kappa shape index (κ1) is 19.0. The second-order valence-corrected chi connectivity index (χ2v) is 9.70. The molecule has 1 aromatic heterocycles. The van der Waals surface area contributed by atoms with Crippen LogP contribution >= 0.6 is 34.7 Å². The molecule has 0 bridgehead atoms. The van der Waals surface area contributed by atoms with Crippen LogP contribution in [0.25, 0.3) is 21.2 Å². The molecule has 1 unspecified atom stereocenters. The third kappa shape index (κ3) is 4.17. The van der Waals surface area contributed by atoms with Crippen LogP contribution in [-0.4, -0.2) is 17.7 Å². The number of benzene rings is 3. The monoisotopic (exact) mass is 437 g/mol. The largest absolute Gasteiger partial charge is 0.457 e. The Morgan fingerprint density at radius 3 is 2.72 bits per heavy atom. The molecule has 0 saturated carbocycles. The highest BCUT2D eigenvalue weighted by Crippen LogP contribution is 2.37. The fourth-order valence-corrected chi connectivity index (χ4v) is 5.78. The Hall–Kier alpha value is -1.98. The molecule has 4 aromatic rings. The molecule has 1 atom stereocenters. The van der Waals surface area contributed by atoms with Gasteiger partial charge in [0.05, 0.1) is 5.37 Å². The van der Waals surface area contributed by atoms with Crippen molar-refractivity contribution < 1.29 is 4.74 Å². The summed E-state index contributed by atoms with van der Waals surface area (Å²) in [7, 11) is 0. The van der Waals surface area contributed by atoms with E-state index in [1.54, 1.807) is 11.3 Å². The van der Waals surface area contributed by atoms with Gasteiger partial charge in [-0.15, -0.1) is 23.1 Å². The summed E-state index contributed by atoms with van der Waals surface area (Å²) in [6, 6.07) is 22.6. The lowest BCUT2D eigenvalue weighted by Gasteiger charge is -2.13. The summed E-state index contributed by atoms with van der Waals surface area (Å²) in [4.78, 5) is 0. The zero-order valence-electron chi connectivity index (χ0n) is 15.7. The molecule has 1 N–H and O–H groups in total. The van der Waals surface area contributed by atoms with Crippen molar-refractivity contribution in [1.82, 2.24) is 5.32 Å². The van der Waals surface area contributed by atoms with E-state index in [2.05, 4.69) is 41.0 Å². The maximum atomic E-state index is 6.32. The average molecular weight is 438 g/mol. The zero-order chi connectivity index (χ0) is 19.6. The number of thiophene rings is 1. The Balaban J connectivity index is 1.43. The summed E-state index contributed by atoms with van der Waals surface area (Å²) in [5.41, 5.74) is 3.63. The van der Waals surface area contributed by atoms with Crippen LogP contribution in [0.15, 0.2) is 72.1 Å². The van der Waals surface area contributed by atoms with Gasteiger partial charge in [-0.2, -0.15) is 0 Å². The first-order valence-electron chi connectivity index (χ1n) is 9.64. The Morgan fingerprint density at radius 2 is 1.90 bits per heavy atom. The first-order valence-corrected chi connectivity index (χ1v) is 11.9. The van der Waals surface area contributed by atoms with Crippen molar-refractivity contribution in [3.63, 3.8) is 0 Å². The number of fused-ring (bicyclic) bond motifs is 1. The van der Waals surface area contributed by atoms with Crippen LogP contribution in [0.3, 0.4) is 0 Å². The van der Waals surface area contributed by atoms with Crippen LogP contribution < -0.4 is 10.1 Å². The molecule has 0 aliphatic carbocycles. The molecule has 2 heterocycles. The van der Waals surface area contributed by atoms with Gasteiger partial charge in [0.1, 0.15) is 11.5 Å². The van der Waals surface area contributed by atoms with Gasteiger partial charge in [-0.1, -0.05) is 41.9 Å². The van der Waals surface area contributed by atoms with E-state index >= 15 is 0 Å². The van der Waals surface area contributed by atoms with E-state index in [-0.39, 0.29) is 0 Å². The average Bonchev–Trinajstić information content (AvgIpc) is 3.43. The zero-order valence-corrected chi connectivity index (χ0v) is 18.1. The third-order valence-electron chi connectivity index (χ3n) is 5.10. The normalized spacial score (nSPS) is 16.4. The van der Waals surface area contributed by atoms with E-state index in [0.29, 0.717) is 5.37 Å². The smallest absolute Gasteiger partial charge is 0.136 e. The van der Waals surface area contributed by atoms with Gasteiger partial charge in [0.15, 0.2) is 0 Å². The predicted octanol–water partition coefficient (Wildman–Crippen LogP) is 7.22. The van der Waals surface area contributed by atoms with E-state index < -0.39 is 0 Å². The molecule has 5 heteroatoms. The lowest BCUT2D eigenvalue weighted by Crippen LogP contribution is -2.21. The molecule has 0 amide bonds. The van der Waals surface area contributed by atoms with Crippen LogP contribution in [0.5, 0.6) is 11.5 Å². The van der Waals surface area contributed by atoms with Crippen LogP contribution in [0.1, 0.15) is 5.56 Å². The second kappa shape index (κ2) is 8.41. The number of halogens is 1. The highest BCUT2D eigenvalue weighted by molar-refractivity contribution is 8.00. The van der Waals surface area contributed by atoms with Crippen molar-refractivity contribution in [2.45, 2.75) is 11.8 Å². The highest BCUT2D eigenvalue weighted by atomic mass is 35.5.